The lowest BCUT2D eigenvalue weighted by Crippen LogP contribution is -2.20. The summed E-state index contributed by atoms with van der Waals surface area (Å²) < 4.78 is 0. The van der Waals surface area contributed by atoms with E-state index in [2.05, 4.69) is 31.4 Å². The maximum absolute atomic E-state index is 11.5. The molecule has 2 atom stereocenters. The summed E-state index contributed by atoms with van der Waals surface area (Å²) in [5, 5.41) is 5.99. The van der Waals surface area contributed by atoms with Gasteiger partial charge in [0.25, 0.3) is 5.91 Å². The molecule has 0 heterocycles. The van der Waals surface area contributed by atoms with Crippen LogP contribution in [0, 0.1) is 5.92 Å². The van der Waals surface area contributed by atoms with Gasteiger partial charge in [-0.3, -0.25) is 4.79 Å². The molecule has 0 aliphatic rings. The van der Waals surface area contributed by atoms with Crippen molar-refractivity contribution >= 4 is 17.3 Å². The summed E-state index contributed by atoms with van der Waals surface area (Å²) in [5.74, 6) is 0.569. The second-order valence-electron chi connectivity index (χ2n) is 5.18. The van der Waals surface area contributed by atoms with Crippen LogP contribution in [-0.2, 0) is 0 Å². The Hall–Kier alpha value is -1.71. The van der Waals surface area contributed by atoms with Crippen molar-refractivity contribution < 1.29 is 4.79 Å². The van der Waals surface area contributed by atoms with E-state index in [1.807, 2.05) is 6.07 Å². The standard InChI is InChI=1S/C15H25N3O/c1-5-10(2)8-11(3)18-14-7-6-12(9-13(14)16)15(19)17-4/h6-7,9-11,18H,5,8,16H2,1-4H3,(H,17,19). The predicted molar refractivity (Wildman–Crippen MR) is 81.4 cm³/mol. The normalized spacial score (nSPS) is 13.7. The number of hydrogen-bond acceptors (Lipinski definition) is 3. The number of carbonyl (C=O) groups is 1. The van der Waals surface area contributed by atoms with Gasteiger partial charge in [-0.25, -0.2) is 0 Å². The van der Waals surface area contributed by atoms with Crippen molar-refractivity contribution in [3.8, 4) is 0 Å². The molecule has 0 aliphatic heterocycles. The first-order valence-electron chi connectivity index (χ1n) is 6.86. The van der Waals surface area contributed by atoms with Crippen molar-refractivity contribution in [2.24, 2.45) is 5.92 Å². The minimum atomic E-state index is -0.120. The zero-order chi connectivity index (χ0) is 14.4. The lowest BCUT2D eigenvalue weighted by Gasteiger charge is -2.20. The van der Waals surface area contributed by atoms with Crippen LogP contribution in [-0.4, -0.2) is 19.0 Å². The Balaban J connectivity index is 2.72. The Bertz CT molecular complexity index is 431. The molecule has 0 radical (unpaired) electrons. The number of amides is 1. The minimum absolute atomic E-state index is 0.120. The van der Waals surface area contributed by atoms with Crippen molar-refractivity contribution in [2.75, 3.05) is 18.1 Å². The highest BCUT2D eigenvalue weighted by Gasteiger charge is 2.10. The number of hydrogen-bond donors (Lipinski definition) is 3. The Kier molecular flexibility index (Phi) is 5.67. The summed E-state index contributed by atoms with van der Waals surface area (Å²) in [6, 6.07) is 5.72. The van der Waals surface area contributed by atoms with Gasteiger partial charge in [-0.15, -0.1) is 0 Å². The highest BCUT2D eigenvalue weighted by atomic mass is 16.1. The second-order valence-corrected chi connectivity index (χ2v) is 5.18. The zero-order valence-electron chi connectivity index (χ0n) is 12.3. The molecule has 1 rings (SSSR count). The molecule has 0 aliphatic carbocycles. The average Bonchev–Trinajstić information content (AvgIpc) is 2.39. The fourth-order valence-electron chi connectivity index (χ4n) is 2.07. The van der Waals surface area contributed by atoms with Crippen LogP contribution in [0.3, 0.4) is 0 Å². The van der Waals surface area contributed by atoms with E-state index in [4.69, 9.17) is 5.73 Å². The largest absolute Gasteiger partial charge is 0.397 e. The summed E-state index contributed by atoms with van der Waals surface area (Å²) in [6.45, 7) is 6.60. The SMILES string of the molecule is CCC(C)CC(C)Nc1ccc(C(=O)NC)cc1N. The van der Waals surface area contributed by atoms with Gasteiger partial charge in [0.15, 0.2) is 0 Å². The van der Waals surface area contributed by atoms with Crippen LogP contribution >= 0.6 is 0 Å². The first kappa shape index (κ1) is 15.3. The quantitative estimate of drug-likeness (QED) is 0.691. The summed E-state index contributed by atoms with van der Waals surface area (Å²) in [4.78, 5) is 11.5. The third-order valence-corrected chi connectivity index (χ3v) is 3.40. The molecule has 0 fully saturated rings. The van der Waals surface area contributed by atoms with Crippen LogP contribution in [0.15, 0.2) is 18.2 Å². The Morgan fingerprint density at radius 3 is 2.58 bits per heavy atom. The van der Waals surface area contributed by atoms with Gasteiger partial charge in [0.2, 0.25) is 0 Å². The molecule has 19 heavy (non-hydrogen) atoms. The molecule has 0 bridgehead atoms. The lowest BCUT2D eigenvalue weighted by molar-refractivity contribution is 0.0963. The van der Waals surface area contributed by atoms with Gasteiger partial charge < -0.3 is 16.4 Å². The van der Waals surface area contributed by atoms with Gasteiger partial charge in [-0.2, -0.15) is 0 Å². The van der Waals surface area contributed by atoms with Crippen molar-refractivity contribution in [3.63, 3.8) is 0 Å². The fraction of sp³-hybridized carbons (Fsp3) is 0.533. The smallest absolute Gasteiger partial charge is 0.251 e. The molecule has 1 aromatic carbocycles. The third-order valence-electron chi connectivity index (χ3n) is 3.40. The number of anilines is 2. The Morgan fingerprint density at radius 2 is 2.05 bits per heavy atom. The number of rotatable bonds is 6. The molecule has 0 saturated heterocycles. The Morgan fingerprint density at radius 1 is 1.37 bits per heavy atom. The highest BCUT2D eigenvalue weighted by Crippen LogP contribution is 2.22. The average molecular weight is 263 g/mol. The molecule has 4 heteroatoms. The molecule has 4 nitrogen and oxygen atoms in total. The second kappa shape index (κ2) is 7.02. The van der Waals surface area contributed by atoms with Gasteiger partial charge in [-0.1, -0.05) is 20.3 Å². The summed E-state index contributed by atoms with van der Waals surface area (Å²) >= 11 is 0. The van der Waals surface area contributed by atoms with Gasteiger partial charge in [0.1, 0.15) is 0 Å². The van der Waals surface area contributed by atoms with Crippen molar-refractivity contribution in [1.82, 2.24) is 5.32 Å². The summed E-state index contributed by atoms with van der Waals surface area (Å²) in [6.07, 6.45) is 2.28. The van der Waals surface area contributed by atoms with E-state index < -0.39 is 0 Å². The van der Waals surface area contributed by atoms with E-state index in [9.17, 15) is 4.79 Å². The molecule has 4 N–H and O–H groups in total. The van der Waals surface area contributed by atoms with E-state index in [0.717, 1.165) is 12.1 Å². The van der Waals surface area contributed by atoms with Crippen LogP contribution in [0.25, 0.3) is 0 Å². The van der Waals surface area contributed by atoms with E-state index in [1.165, 1.54) is 6.42 Å². The fourth-order valence-corrected chi connectivity index (χ4v) is 2.07. The molecule has 0 saturated carbocycles. The first-order valence-corrected chi connectivity index (χ1v) is 6.86. The van der Waals surface area contributed by atoms with E-state index in [-0.39, 0.29) is 5.91 Å². The third kappa shape index (κ3) is 4.47. The van der Waals surface area contributed by atoms with Crippen molar-refractivity contribution in [1.29, 1.82) is 0 Å². The number of nitrogens with one attached hydrogen (secondary N) is 2. The molecule has 1 aromatic rings. The summed E-state index contributed by atoms with van der Waals surface area (Å²) in [7, 11) is 1.61. The molecule has 2 unspecified atom stereocenters. The maximum Gasteiger partial charge on any atom is 0.251 e. The zero-order valence-corrected chi connectivity index (χ0v) is 12.3. The first-order chi connectivity index (χ1) is 8.97. The molecule has 0 aromatic heterocycles. The predicted octanol–water partition coefficient (Wildman–Crippen LogP) is 2.87. The van der Waals surface area contributed by atoms with E-state index in [0.29, 0.717) is 23.2 Å². The van der Waals surface area contributed by atoms with Crippen LogP contribution < -0.4 is 16.4 Å². The van der Waals surface area contributed by atoms with E-state index >= 15 is 0 Å². The molecule has 0 spiro atoms. The molecule has 106 valence electrons. The highest BCUT2D eigenvalue weighted by molar-refractivity contribution is 5.95. The van der Waals surface area contributed by atoms with Gasteiger partial charge in [0, 0.05) is 18.7 Å². The van der Waals surface area contributed by atoms with Crippen LogP contribution in [0.1, 0.15) is 44.0 Å². The van der Waals surface area contributed by atoms with Gasteiger partial charge >= 0.3 is 0 Å². The lowest BCUT2D eigenvalue weighted by atomic mass is 10.00. The van der Waals surface area contributed by atoms with Crippen LogP contribution in [0.2, 0.25) is 0 Å². The number of carbonyl (C=O) groups excluding carboxylic acids is 1. The van der Waals surface area contributed by atoms with Crippen molar-refractivity contribution in [3.05, 3.63) is 23.8 Å². The molecular weight excluding hydrogens is 238 g/mol. The molecule has 1 amide bonds. The number of nitrogen functional groups attached to an aromatic ring is 1. The van der Waals surface area contributed by atoms with Gasteiger partial charge in [-0.05, 0) is 37.5 Å². The number of benzene rings is 1. The van der Waals surface area contributed by atoms with Crippen LogP contribution in [0.5, 0.6) is 0 Å². The molecular formula is C15H25N3O. The van der Waals surface area contributed by atoms with E-state index in [1.54, 1.807) is 19.2 Å². The van der Waals surface area contributed by atoms with Crippen molar-refractivity contribution in [2.45, 2.75) is 39.7 Å². The monoisotopic (exact) mass is 263 g/mol. The summed E-state index contributed by atoms with van der Waals surface area (Å²) in [5.41, 5.74) is 8.07. The van der Waals surface area contributed by atoms with Gasteiger partial charge in [0.05, 0.1) is 11.4 Å². The maximum atomic E-state index is 11.5. The Labute approximate surface area is 115 Å². The minimum Gasteiger partial charge on any atom is -0.397 e. The van der Waals surface area contributed by atoms with Crippen LogP contribution in [0.4, 0.5) is 11.4 Å². The number of nitrogens with two attached hydrogens (primary N) is 1. The topological polar surface area (TPSA) is 67.2 Å².